The van der Waals surface area contributed by atoms with Gasteiger partial charge in [0.05, 0.1) is 11.1 Å². The third kappa shape index (κ3) is 6.45. The Labute approximate surface area is 261 Å². The fourth-order valence-electron chi connectivity index (χ4n) is 6.15. The van der Waals surface area contributed by atoms with Gasteiger partial charge in [-0.3, -0.25) is 9.59 Å². The Kier molecular flexibility index (Phi) is 9.16. The van der Waals surface area contributed by atoms with E-state index >= 15 is 0 Å². The first kappa shape index (κ1) is 29.7. The molecule has 9 heteroatoms. The number of nitrogens with zero attached hydrogens (tertiary/aromatic N) is 2. The molecule has 1 saturated heterocycles. The monoisotopic (exact) mass is 606 g/mol. The van der Waals surface area contributed by atoms with Gasteiger partial charge in [-0.25, -0.2) is 4.98 Å². The number of anilines is 1. The quantitative estimate of drug-likeness (QED) is 0.127. The highest BCUT2D eigenvalue weighted by molar-refractivity contribution is 7.11. The molecule has 6 rings (SSSR count). The number of likely N-dealkylation sites (tertiary alicyclic amines) is 1. The molecule has 1 aliphatic heterocycles. The standard InChI is InChI=1S/C35H38N6O2S/c1-23-25(11-7-12-30(23)40-34(43)35-38-16-20-44-35)27-13-14-28(33(36)42)32-29(27)21-31(39-32)26-10-4-3-9-24(26)22-37-15-8-19-41-17-5-2-6-18-41/h3-4,7,9-14,16,20-21,37,39H,2,5-6,8,15,17-19,22H2,1H3,(H2,36,42)(H,40,43). The summed E-state index contributed by atoms with van der Waals surface area (Å²) in [6.07, 6.45) is 6.75. The van der Waals surface area contributed by atoms with Crippen LogP contribution in [0.5, 0.6) is 0 Å². The van der Waals surface area contributed by atoms with Gasteiger partial charge in [-0.1, -0.05) is 48.9 Å². The minimum absolute atomic E-state index is 0.241. The maximum Gasteiger partial charge on any atom is 0.284 e. The number of primary amides is 1. The Bertz CT molecular complexity index is 1770. The van der Waals surface area contributed by atoms with Gasteiger partial charge in [-0.05, 0) is 92.8 Å². The van der Waals surface area contributed by atoms with E-state index in [4.69, 9.17) is 5.73 Å². The van der Waals surface area contributed by atoms with Gasteiger partial charge in [0.2, 0.25) is 0 Å². The van der Waals surface area contributed by atoms with Crippen LogP contribution in [0.1, 0.15) is 57.0 Å². The largest absolute Gasteiger partial charge is 0.366 e. The molecular weight excluding hydrogens is 568 g/mol. The molecule has 0 radical (unpaired) electrons. The highest BCUT2D eigenvalue weighted by atomic mass is 32.1. The molecule has 8 nitrogen and oxygen atoms in total. The SMILES string of the molecule is Cc1c(NC(=O)c2nccs2)cccc1-c1ccc(C(N)=O)c2[nH]c(-c3ccccc3CNCCCN3CCCCC3)cc12. The number of nitrogens with one attached hydrogen (secondary N) is 3. The van der Waals surface area contributed by atoms with Gasteiger partial charge < -0.3 is 26.3 Å². The molecular formula is C35H38N6O2S. The number of aromatic amines is 1. The molecule has 0 unspecified atom stereocenters. The fourth-order valence-corrected chi connectivity index (χ4v) is 6.68. The smallest absolute Gasteiger partial charge is 0.284 e. The lowest BCUT2D eigenvalue weighted by molar-refractivity contribution is 0.0998. The molecule has 2 aromatic heterocycles. The van der Waals surface area contributed by atoms with E-state index in [9.17, 15) is 9.59 Å². The van der Waals surface area contributed by atoms with Gasteiger partial charge in [-0.15, -0.1) is 11.3 Å². The van der Waals surface area contributed by atoms with Crippen molar-refractivity contribution in [1.82, 2.24) is 20.2 Å². The molecule has 44 heavy (non-hydrogen) atoms. The van der Waals surface area contributed by atoms with Crippen LogP contribution in [-0.4, -0.2) is 52.9 Å². The highest BCUT2D eigenvalue weighted by Gasteiger charge is 2.19. The molecule has 0 aliphatic carbocycles. The predicted octanol–water partition coefficient (Wildman–Crippen LogP) is 6.58. The van der Waals surface area contributed by atoms with Gasteiger partial charge in [0.15, 0.2) is 5.01 Å². The summed E-state index contributed by atoms with van der Waals surface area (Å²) in [6.45, 7) is 7.29. The van der Waals surface area contributed by atoms with E-state index in [0.29, 0.717) is 21.8 Å². The number of rotatable bonds is 11. The number of hydrogen-bond donors (Lipinski definition) is 4. The molecule has 0 atom stereocenters. The Morgan fingerprint density at radius 2 is 1.82 bits per heavy atom. The maximum atomic E-state index is 12.8. The summed E-state index contributed by atoms with van der Waals surface area (Å²) in [6, 6.07) is 20.0. The molecule has 1 aliphatic rings. The lowest BCUT2D eigenvalue weighted by Crippen LogP contribution is -2.32. The van der Waals surface area contributed by atoms with Crippen LogP contribution in [0.25, 0.3) is 33.3 Å². The first-order chi connectivity index (χ1) is 21.5. The van der Waals surface area contributed by atoms with Crippen LogP contribution >= 0.6 is 11.3 Å². The van der Waals surface area contributed by atoms with Crippen molar-refractivity contribution in [1.29, 1.82) is 0 Å². The molecule has 2 amide bonds. The zero-order valence-electron chi connectivity index (χ0n) is 25.0. The highest BCUT2D eigenvalue weighted by Crippen LogP contribution is 2.38. The number of amides is 2. The second-order valence-electron chi connectivity index (χ2n) is 11.4. The average molecular weight is 607 g/mol. The average Bonchev–Trinajstić information content (AvgIpc) is 3.74. The first-order valence-corrected chi connectivity index (χ1v) is 16.2. The van der Waals surface area contributed by atoms with Crippen molar-refractivity contribution >= 4 is 39.7 Å². The summed E-state index contributed by atoms with van der Waals surface area (Å²) in [5.74, 6) is -0.727. The van der Waals surface area contributed by atoms with Crippen molar-refractivity contribution in [3.05, 3.63) is 93.9 Å². The van der Waals surface area contributed by atoms with Gasteiger partial charge in [-0.2, -0.15) is 0 Å². The number of carbonyl (C=O) groups excluding carboxylic acids is 2. The molecule has 3 heterocycles. The van der Waals surface area contributed by atoms with Crippen molar-refractivity contribution in [2.24, 2.45) is 5.73 Å². The topological polar surface area (TPSA) is 116 Å². The molecule has 5 N–H and O–H groups in total. The normalized spacial score (nSPS) is 13.8. The lowest BCUT2D eigenvalue weighted by atomic mass is 9.94. The summed E-state index contributed by atoms with van der Waals surface area (Å²) >= 11 is 1.30. The van der Waals surface area contributed by atoms with Gasteiger partial charge in [0.1, 0.15) is 0 Å². The Hall–Kier alpha value is -4.31. The second-order valence-corrected chi connectivity index (χ2v) is 12.3. The Balaban J connectivity index is 1.28. The number of fused-ring (bicyclic) bond motifs is 1. The number of benzene rings is 3. The van der Waals surface area contributed by atoms with Crippen LogP contribution < -0.4 is 16.4 Å². The number of hydrogen-bond acceptors (Lipinski definition) is 6. The van der Waals surface area contributed by atoms with E-state index in [0.717, 1.165) is 59.4 Å². The van der Waals surface area contributed by atoms with Crippen LogP contribution in [-0.2, 0) is 6.54 Å². The Morgan fingerprint density at radius 3 is 2.61 bits per heavy atom. The third-order valence-electron chi connectivity index (χ3n) is 8.46. The summed E-state index contributed by atoms with van der Waals surface area (Å²) < 4.78 is 0. The minimum Gasteiger partial charge on any atom is -0.366 e. The summed E-state index contributed by atoms with van der Waals surface area (Å²) in [5.41, 5.74) is 13.7. The third-order valence-corrected chi connectivity index (χ3v) is 9.23. The zero-order chi connectivity index (χ0) is 30.5. The van der Waals surface area contributed by atoms with Crippen molar-refractivity contribution in [2.75, 3.05) is 31.5 Å². The van der Waals surface area contributed by atoms with Crippen LogP contribution in [0.15, 0.2) is 72.2 Å². The van der Waals surface area contributed by atoms with E-state index < -0.39 is 5.91 Å². The molecule has 3 aromatic carbocycles. The molecule has 226 valence electrons. The number of aromatic nitrogens is 2. The fraction of sp³-hybridized carbons (Fsp3) is 0.286. The van der Waals surface area contributed by atoms with E-state index in [-0.39, 0.29) is 5.91 Å². The first-order valence-electron chi connectivity index (χ1n) is 15.3. The van der Waals surface area contributed by atoms with Crippen LogP contribution in [0.2, 0.25) is 0 Å². The molecule has 0 bridgehead atoms. The molecule has 0 saturated carbocycles. The van der Waals surface area contributed by atoms with Crippen molar-refractivity contribution in [3.8, 4) is 22.4 Å². The molecule has 1 fully saturated rings. The molecule has 0 spiro atoms. The number of nitrogens with two attached hydrogens (primary N) is 1. The van der Waals surface area contributed by atoms with Crippen LogP contribution in [0.3, 0.4) is 0 Å². The summed E-state index contributed by atoms with van der Waals surface area (Å²) in [5, 5.41) is 9.73. The van der Waals surface area contributed by atoms with Gasteiger partial charge >= 0.3 is 0 Å². The van der Waals surface area contributed by atoms with E-state index in [2.05, 4.69) is 49.8 Å². The summed E-state index contributed by atoms with van der Waals surface area (Å²) in [4.78, 5) is 35.5. The number of thiazole rings is 1. The van der Waals surface area contributed by atoms with Crippen LogP contribution in [0, 0.1) is 6.92 Å². The molecule has 5 aromatic rings. The zero-order valence-corrected chi connectivity index (χ0v) is 25.8. The van der Waals surface area contributed by atoms with Crippen molar-refractivity contribution in [3.63, 3.8) is 0 Å². The van der Waals surface area contributed by atoms with Crippen LogP contribution in [0.4, 0.5) is 5.69 Å². The van der Waals surface area contributed by atoms with Crippen molar-refractivity contribution in [2.45, 2.75) is 39.2 Å². The number of H-pyrrole nitrogens is 1. The Morgan fingerprint density at radius 1 is 1.00 bits per heavy atom. The van der Waals surface area contributed by atoms with E-state index in [1.165, 1.54) is 49.3 Å². The second kappa shape index (κ2) is 13.5. The van der Waals surface area contributed by atoms with Gasteiger partial charge in [0, 0.05) is 40.5 Å². The number of piperidine rings is 1. The maximum absolute atomic E-state index is 12.8. The summed E-state index contributed by atoms with van der Waals surface area (Å²) in [7, 11) is 0. The minimum atomic E-state index is -0.486. The lowest BCUT2D eigenvalue weighted by Gasteiger charge is -2.26. The number of carbonyl (C=O) groups is 2. The van der Waals surface area contributed by atoms with E-state index in [1.54, 1.807) is 17.6 Å². The van der Waals surface area contributed by atoms with E-state index in [1.807, 2.05) is 37.3 Å². The predicted molar refractivity (Wildman–Crippen MR) is 179 cm³/mol. The van der Waals surface area contributed by atoms with Crippen molar-refractivity contribution < 1.29 is 9.59 Å². The van der Waals surface area contributed by atoms with Gasteiger partial charge in [0.25, 0.3) is 11.8 Å².